The average molecular weight is 251 g/mol. The molecule has 1 aromatic rings. The first-order chi connectivity index (χ1) is 8.65. The maximum atomic E-state index is 11.6. The summed E-state index contributed by atoms with van der Waals surface area (Å²) in [7, 11) is 1.58. The lowest BCUT2D eigenvalue weighted by molar-refractivity contribution is -0.121. The van der Waals surface area contributed by atoms with Crippen LogP contribution in [0.2, 0.25) is 0 Å². The fourth-order valence-electron chi connectivity index (χ4n) is 1.61. The van der Waals surface area contributed by atoms with E-state index in [-0.39, 0.29) is 11.9 Å². The molecule has 0 aliphatic carbocycles. The van der Waals surface area contributed by atoms with Crippen LogP contribution < -0.4 is 15.4 Å². The van der Waals surface area contributed by atoms with Gasteiger partial charge in [0.25, 0.3) is 0 Å². The summed E-state index contributed by atoms with van der Waals surface area (Å²) in [5, 5.41) is 6.07. The average Bonchev–Trinajstić information content (AvgIpc) is 2.37. The zero-order chi connectivity index (χ0) is 13.4. The van der Waals surface area contributed by atoms with E-state index < -0.39 is 0 Å². The van der Waals surface area contributed by atoms with E-state index in [0.717, 1.165) is 12.1 Å². The smallest absolute Gasteiger partial charge is 0.221 e. The zero-order valence-electron chi connectivity index (χ0n) is 11.2. The number of aromatic nitrogens is 1. The number of pyridine rings is 1. The fourth-order valence-corrected chi connectivity index (χ4v) is 1.61. The number of hydrogen-bond acceptors (Lipinski definition) is 4. The van der Waals surface area contributed by atoms with Crippen LogP contribution >= 0.6 is 0 Å². The van der Waals surface area contributed by atoms with Crippen LogP contribution in [0.15, 0.2) is 18.3 Å². The summed E-state index contributed by atoms with van der Waals surface area (Å²) in [5.41, 5.74) is 0.959. The molecule has 0 radical (unpaired) electrons. The van der Waals surface area contributed by atoms with E-state index in [1.54, 1.807) is 19.4 Å². The first-order valence-electron chi connectivity index (χ1n) is 6.14. The van der Waals surface area contributed by atoms with E-state index in [4.69, 9.17) is 4.74 Å². The molecule has 0 aromatic carbocycles. The normalized spacial score (nSPS) is 11.9. The van der Waals surface area contributed by atoms with Crippen molar-refractivity contribution in [1.82, 2.24) is 15.6 Å². The van der Waals surface area contributed by atoms with E-state index >= 15 is 0 Å². The van der Waals surface area contributed by atoms with Crippen LogP contribution in [0.4, 0.5) is 0 Å². The molecule has 1 heterocycles. The number of carbonyl (C=O) groups is 1. The lowest BCUT2D eigenvalue weighted by Crippen LogP contribution is -2.33. The fraction of sp³-hybridized carbons (Fsp3) is 0.538. The highest BCUT2D eigenvalue weighted by Gasteiger charge is 2.07. The van der Waals surface area contributed by atoms with Gasteiger partial charge in [0.2, 0.25) is 11.8 Å². The van der Waals surface area contributed by atoms with Gasteiger partial charge >= 0.3 is 0 Å². The number of methoxy groups -OCH3 is 1. The van der Waals surface area contributed by atoms with Crippen LogP contribution in [0.1, 0.15) is 25.8 Å². The minimum absolute atomic E-state index is 0.0410. The van der Waals surface area contributed by atoms with Gasteiger partial charge in [-0.2, -0.15) is 0 Å². The second-order valence-electron chi connectivity index (χ2n) is 4.15. The third-order valence-corrected chi connectivity index (χ3v) is 2.54. The van der Waals surface area contributed by atoms with Crippen LogP contribution in [0.5, 0.6) is 5.88 Å². The van der Waals surface area contributed by atoms with Crippen molar-refractivity contribution in [2.75, 3.05) is 13.7 Å². The van der Waals surface area contributed by atoms with Crippen molar-refractivity contribution in [1.29, 1.82) is 0 Å². The van der Waals surface area contributed by atoms with Gasteiger partial charge in [-0.3, -0.25) is 4.79 Å². The van der Waals surface area contributed by atoms with Crippen molar-refractivity contribution in [2.45, 2.75) is 32.9 Å². The van der Waals surface area contributed by atoms with Gasteiger partial charge in [-0.1, -0.05) is 13.0 Å². The third kappa shape index (κ3) is 5.14. The molecule has 0 bridgehead atoms. The predicted molar refractivity (Wildman–Crippen MR) is 70.4 cm³/mol. The molecule has 100 valence electrons. The number of amides is 1. The standard InChI is InChI=1S/C13H21N3O2/c1-4-14-10(2)7-12(17)15-8-11-5-6-13(18-3)16-9-11/h5-6,9-10,14H,4,7-8H2,1-3H3,(H,15,17). The van der Waals surface area contributed by atoms with Crippen molar-refractivity contribution in [3.8, 4) is 5.88 Å². The van der Waals surface area contributed by atoms with Gasteiger partial charge in [-0.05, 0) is 19.0 Å². The molecule has 1 rings (SSSR count). The van der Waals surface area contributed by atoms with E-state index in [0.29, 0.717) is 18.8 Å². The molecule has 18 heavy (non-hydrogen) atoms. The molecule has 0 saturated heterocycles. The van der Waals surface area contributed by atoms with E-state index in [2.05, 4.69) is 15.6 Å². The number of nitrogens with zero attached hydrogens (tertiary/aromatic N) is 1. The lowest BCUT2D eigenvalue weighted by atomic mass is 10.2. The molecule has 1 aromatic heterocycles. The predicted octanol–water partition coefficient (Wildman–Crippen LogP) is 1.09. The molecule has 1 unspecified atom stereocenters. The van der Waals surface area contributed by atoms with Crippen LogP contribution in [-0.2, 0) is 11.3 Å². The third-order valence-electron chi connectivity index (χ3n) is 2.54. The van der Waals surface area contributed by atoms with Crippen molar-refractivity contribution >= 4 is 5.91 Å². The quantitative estimate of drug-likeness (QED) is 0.761. The largest absolute Gasteiger partial charge is 0.481 e. The highest BCUT2D eigenvalue weighted by molar-refractivity contribution is 5.76. The van der Waals surface area contributed by atoms with Gasteiger partial charge < -0.3 is 15.4 Å². The molecule has 0 fully saturated rings. The Kier molecular flexibility index (Phi) is 6.14. The van der Waals surface area contributed by atoms with Crippen LogP contribution in [-0.4, -0.2) is 30.6 Å². The molecule has 0 saturated carbocycles. The Labute approximate surface area is 108 Å². The van der Waals surface area contributed by atoms with Gasteiger partial charge in [0.1, 0.15) is 0 Å². The summed E-state index contributed by atoms with van der Waals surface area (Å²) in [4.78, 5) is 15.7. The Morgan fingerprint density at radius 3 is 2.83 bits per heavy atom. The minimum Gasteiger partial charge on any atom is -0.481 e. The lowest BCUT2D eigenvalue weighted by Gasteiger charge is -2.12. The molecule has 1 atom stereocenters. The molecule has 5 nitrogen and oxygen atoms in total. The molecule has 1 amide bonds. The highest BCUT2D eigenvalue weighted by Crippen LogP contribution is 2.06. The minimum atomic E-state index is 0.0410. The Hall–Kier alpha value is -1.62. The van der Waals surface area contributed by atoms with Gasteiger partial charge in [-0.25, -0.2) is 4.98 Å². The van der Waals surface area contributed by atoms with Crippen LogP contribution in [0.3, 0.4) is 0 Å². The topological polar surface area (TPSA) is 63.2 Å². The van der Waals surface area contributed by atoms with Crippen LogP contribution in [0, 0.1) is 0 Å². The number of hydrogen-bond donors (Lipinski definition) is 2. The van der Waals surface area contributed by atoms with Gasteiger partial charge in [0.15, 0.2) is 0 Å². The summed E-state index contributed by atoms with van der Waals surface area (Å²) in [5.74, 6) is 0.616. The number of rotatable bonds is 7. The highest BCUT2D eigenvalue weighted by atomic mass is 16.5. The first-order valence-corrected chi connectivity index (χ1v) is 6.14. The van der Waals surface area contributed by atoms with Crippen LogP contribution in [0.25, 0.3) is 0 Å². The monoisotopic (exact) mass is 251 g/mol. The Morgan fingerprint density at radius 2 is 2.28 bits per heavy atom. The zero-order valence-corrected chi connectivity index (χ0v) is 11.2. The van der Waals surface area contributed by atoms with Gasteiger partial charge in [0.05, 0.1) is 7.11 Å². The number of carbonyl (C=O) groups excluding carboxylic acids is 1. The number of ether oxygens (including phenoxy) is 1. The van der Waals surface area contributed by atoms with Gasteiger partial charge in [-0.15, -0.1) is 0 Å². The first kappa shape index (κ1) is 14.4. The summed E-state index contributed by atoms with van der Waals surface area (Å²) < 4.78 is 4.97. The van der Waals surface area contributed by atoms with Crippen molar-refractivity contribution in [3.63, 3.8) is 0 Å². The molecule has 0 aliphatic heterocycles. The molecular weight excluding hydrogens is 230 g/mol. The maximum absolute atomic E-state index is 11.6. The van der Waals surface area contributed by atoms with E-state index in [9.17, 15) is 4.79 Å². The molecular formula is C13H21N3O2. The SMILES string of the molecule is CCNC(C)CC(=O)NCc1ccc(OC)nc1. The molecule has 0 spiro atoms. The summed E-state index contributed by atoms with van der Waals surface area (Å²) in [6.45, 7) is 5.39. The van der Waals surface area contributed by atoms with Crippen molar-refractivity contribution in [3.05, 3.63) is 23.9 Å². The van der Waals surface area contributed by atoms with E-state index in [1.807, 2.05) is 19.9 Å². The van der Waals surface area contributed by atoms with Crippen molar-refractivity contribution < 1.29 is 9.53 Å². The Morgan fingerprint density at radius 1 is 1.50 bits per heavy atom. The number of nitrogens with one attached hydrogen (secondary N) is 2. The van der Waals surface area contributed by atoms with E-state index in [1.165, 1.54) is 0 Å². The molecule has 0 aliphatic rings. The summed E-state index contributed by atoms with van der Waals surface area (Å²) in [6, 6.07) is 3.87. The van der Waals surface area contributed by atoms with Gasteiger partial charge in [0, 0.05) is 31.3 Å². The Bertz CT molecular complexity index is 365. The van der Waals surface area contributed by atoms with Crippen molar-refractivity contribution in [2.24, 2.45) is 0 Å². The molecule has 5 heteroatoms. The second kappa shape index (κ2) is 7.66. The summed E-state index contributed by atoms with van der Waals surface area (Å²) in [6.07, 6.45) is 2.18. The maximum Gasteiger partial charge on any atom is 0.221 e. The second-order valence-corrected chi connectivity index (χ2v) is 4.15. The molecule has 2 N–H and O–H groups in total. The Balaban J connectivity index is 2.33. The summed E-state index contributed by atoms with van der Waals surface area (Å²) >= 11 is 0.